The molecule has 3 rings (SSSR count). The van der Waals surface area contributed by atoms with Crippen LogP contribution in [0.25, 0.3) is 0 Å². The summed E-state index contributed by atoms with van der Waals surface area (Å²) in [5.74, 6) is -0.457. The molecule has 1 fully saturated rings. The number of halogens is 3. The van der Waals surface area contributed by atoms with Gasteiger partial charge in [0.25, 0.3) is 5.91 Å². The third kappa shape index (κ3) is 4.86. The van der Waals surface area contributed by atoms with E-state index in [0.717, 1.165) is 5.56 Å². The Kier molecular flexibility index (Phi) is 6.97. The molecule has 0 heterocycles. The topological polar surface area (TPSA) is 32.3 Å². The number of carbonyl (C=O) groups excluding carboxylic acids is 1. The molecule has 0 aromatic heterocycles. The van der Waals surface area contributed by atoms with Crippen LogP contribution in [0.3, 0.4) is 0 Å². The number of hydrogen-bond acceptors (Lipinski definition) is 2. The number of rotatable bonds is 5. The largest absolute Gasteiger partial charge is 0.349 e. The summed E-state index contributed by atoms with van der Waals surface area (Å²) in [5, 5.41) is 2.57. The predicted molar refractivity (Wildman–Crippen MR) is 113 cm³/mol. The highest BCUT2D eigenvalue weighted by molar-refractivity contribution is 6.24. The summed E-state index contributed by atoms with van der Waals surface area (Å²) in [6, 6.07) is 15.5. The van der Waals surface area contributed by atoms with Gasteiger partial charge in [0, 0.05) is 34.3 Å². The van der Waals surface area contributed by atoms with Gasteiger partial charge in [0.1, 0.15) is 5.82 Å². The van der Waals surface area contributed by atoms with E-state index in [1.165, 1.54) is 6.07 Å². The highest BCUT2D eigenvalue weighted by Crippen LogP contribution is 2.42. The van der Waals surface area contributed by atoms with Gasteiger partial charge >= 0.3 is 0 Å². The minimum atomic E-state index is -0.273. The normalized spacial score (nSPS) is 26.1. The number of benzene rings is 2. The molecule has 1 amide bonds. The zero-order valence-electron chi connectivity index (χ0n) is 16.0. The Bertz CT molecular complexity index is 790. The Balaban J connectivity index is 1.74. The Morgan fingerprint density at radius 2 is 1.71 bits per heavy atom. The molecule has 0 spiro atoms. The number of hydrogen-bond donors (Lipinski definition) is 1. The van der Waals surface area contributed by atoms with Gasteiger partial charge in [0.15, 0.2) is 0 Å². The summed E-state index contributed by atoms with van der Waals surface area (Å²) < 4.78 is 13.8. The lowest BCUT2D eigenvalue weighted by Gasteiger charge is -2.43. The van der Waals surface area contributed by atoms with Crippen molar-refractivity contribution in [1.82, 2.24) is 10.2 Å². The third-order valence-electron chi connectivity index (χ3n) is 5.34. The maximum atomic E-state index is 13.8. The molecule has 2 aromatic carbocycles. The zero-order valence-corrected chi connectivity index (χ0v) is 17.5. The highest BCUT2D eigenvalue weighted by Gasteiger charge is 2.42. The van der Waals surface area contributed by atoms with Gasteiger partial charge in [0.2, 0.25) is 0 Å². The van der Waals surface area contributed by atoms with Crippen molar-refractivity contribution in [3.63, 3.8) is 0 Å². The second-order valence-electron chi connectivity index (χ2n) is 7.58. The zero-order chi connectivity index (χ0) is 20.3. The second-order valence-corrected chi connectivity index (χ2v) is 8.70. The second kappa shape index (κ2) is 9.25. The molecule has 2 aromatic rings. The van der Waals surface area contributed by atoms with Gasteiger partial charge in [-0.3, -0.25) is 4.79 Å². The average molecular weight is 423 g/mol. The lowest BCUT2D eigenvalue weighted by atomic mass is 9.77. The third-order valence-corrected chi connectivity index (χ3v) is 6.28. The van der Waals surface area contributed by atoms with Crippen LogP contribution in [0, 0.1) is 11.7 Å². The average Bonchev–Trinajstić information content (AvgIpc) is 2.65. The Labute approximate surface area is 175 Å². The fraction of sp³-hybridized carbons (Fsp3) is 0.409. The SMILES string of the molecule is CN(C)C(c1cccc(F)c1)C1C(Cl)CC(NC(=O)c2ccccc2)CC1Cl. The van der Waals surface area contributed by atoms with Crippen molar-refractivity contribution in [1.29, 1.82) is 0 Å². The molecule has 28 heavy (non-hydrogen) atoms. The standard InChI is InChI=1S/C22H25Cl2FN2O/c1-27(2)21(15-9-6-10-16(25)11-15)20-18(23)12-17(13-19(20)24)26-22(28)14-7-4-3-5-8-14/h3-11,17-21H,12-13H2,1-2H3,(H,26,28). The summed E-state index contributed by atoms with van der Waals surface area (Å²) in [7, 11) is 3.90. The first-order valence-electron chi connectivity index (χ1n) is 9.42. The summed E-state index contributed by atoms with van der Waals surface area (Å²) in [6.45, 7) is 0. The molecular formula is C22H25Cl2FN2O. The first kappa shape index (κ1) is 21.1. The Morgan fingerprint density at radius 1 is 1.07 bits per heavy atom. The molecule has 0 bridgehead atoms. The van der Waals surface area contributed by atoms with E-state index < -0.39 is 0 Å². The predicted octanol–water partition coefficient (Wildman–Crippen LogP) is 4.85. The van der Waals surface area contributed by atoms with E-state index in [4.69, 9.17) is 23.2 Å². The Morgan fingerprint density at radius 3 is 2.29 bits per heavy atom. The number of nitrogens with zero attached hydrogens (tertiary/aromatic N) is 1. The van der Waals surface area contributed by atoms with Crippen molar-refractivity contribution in [2.75, 3.05) is 14.1 Å². The molecule has 0 saturated heterocycles. The van der Waals surface area contributed by atoms with E-state index in [0.29, 0.717) is 18.4 Å². The molecule has 6 heteroatoms. The van der Waals surface area contributed by atoms with E-state index >= 15 is 0 Å². The summed E-state index contributed by atoms with van der Waals surface area (Å²) in [4.78, 5) is 14.5. The maximum absolute atomic E-state index is 13.8. The number of amides is 1. The molecule has 3 atom stereocenters. The summed E-state index contributed by atoms with van der Waals surface area (Å²) >= 11 is 13.5. The van der Waals surface area contributed by atoms with Crippen LogP contribution in [0.5, 0.6) is 0 Å². The van der Waals surface area contributed by atoms with Crippen molar-refractivity contribution in [2.45, 2.75) is 35.7 Å². The number of carbonyl (C=O) groups is 1. The van der Waals surface area contributed by atoms with Crippen LogP contribution in [0.2, 0.25) is 0 Å². The Hall–Kier alpha value is -1.62. The van der Waals surface area contributed by atoms with Crippen molar-refractivity contribution < 1.29 is 9.18 Å². The minimum absolute atomic E-state index is 0.0648. The molecule has 1 aliphatic rings. The van der Waals surface area contributed by atoms with Crippen LogP contribution in [-0.4, -0.2) is 41.7 Å². The van der Waals surface area contributed by atoms with E-state index in [-0.39, 0.29) is 40.5 Å². The minimum Gasteiger partial charge on any atom is -0.349 e. The molecule has 150 valence electrons. The maximum Gasteiger partial charge on any atom is 0.251 e. The first-order valence-corrected chi connectivity index (χ1v) is 10.3. The fourth-order valence-corrected chi connectivity index (χ4v) is 5.24. The van der Waals surface area contributed by atoms with Gasteiger partial charge in [-0.1, -0.05) is 30.3 Å². The van der Waals surface area contributed by atoms with Crippen LogP contribution >= 0.6 is 23.2 Å². The van der Waals surface area contributed by atoms with E-state index in [9.17, 15) is 9.18 Å². The molecule has 1 saturated carbocycles. The number of alkyl halides is 2. The van der Waals surface area contributed by atoms with Crippen LogP contribution in [-0.2, 0) is 0 Å². The lowest BCUT2D eigenvalue weighted by Crippen LogP contribution is -2.49. The lowest BCUT2D eigenvalue weighted by molar-refractivity contribution is 0.0911. The molecule has 0 radical (unpaired) electrons. The van der Waals surface area contributed by atoms with Crippen LogP contribution in [0.1, 0.15) is 34.8 Å². The smallest absolute Gasteiger partial charge is 0.251 e. The molecule has 3 nitrogen and oxygen atoms in total. The molecular weight excluding hydrogens is 398 g/mol. The monoisotopic (exact) mass is 422 g/mol. The quantitative estimate of drug-likeness (QED) is 0.698. The molecule has 1 N–H and O–H groups in total. The van der Waals surface area contributed by atoms with E-state index in [1.54, 1.807) is 24.3 Å². The van der Waals surface area contributed by atoms with Gasteiger partial charge in [0.05, 0.1) is 0 Å². The van der Waals surface area contributed by atoms with E-state index in [1.807, 2.05) is 43.3 Å². The summed E-state index contributed by atoms with van der Waals surface area (Å²) in [6.07, 6.45) is 1.24. The molecule has 3 unspecified atom stereocenters. The fourth-order valence-electron chi connectivity index (χ4n) is 4.11. The van der Waals surface area contributed by atoms with Gasteiger partial charge in [-0.2, -0.15) is 0 Å². The van der Waals surface area contributed by atoms with Crippen molar-refractivity contribution in [3.8, 4) is 0 Å². The van der Waals surface area contributed by atoms with Gasteiger partial charge in [-0.25, -0.2) is 4.39 Å². The van der Waals surface area contributed by atoms with Crippen LogP contribution in [0.15, 0.2) is 54.6 Å². The molecule has 1 aliphatic carbocycles. The van der Waals surface area contributed by atoms with Crippen molar-refractivity contribution in [3.05, 3.63) is 71.5 Å². The van der Waals surface area contributed by atoms with Gasteiger partial charge in [-0.05, 0) is 56.8 Å². The van der Waals surface area contributed by atoms with Crippen LogP contribution < -0.4 is 5.32 Å². The van der Waals surface area contributed by atoms with Crippen molar-refractivity contribution >= 4 is 29.1 Å². The van der Waals surface area contributed by atoms with Gasteiger partial charge < -0.3 is 10.2 Å². The van der Waals surface area contributed by atoms with Crippen molar-refractivity contribution in [2.24, 2.45) is 5.92 Å². The highest BCUT2D eigenvalue weighted by atomic mass is 35.5. The summed E-state index contributed by atoms with van der Waals surface area (Å²) in [5.41, 5.74) is 1.48. The van der Waals surface area contributed by atoms with E-state index in [2.05, 4.69) is 5.32 Å². The van der Waals surface area contributed by atoms with Gasteiger partial charge in [-0.15, -0.1) is 23.2 Å². The number of nitrogens with one attached hydrogen (secondary N) is 1. The van der Waals surface area contributed by atoms with Crippen LogP contribution in [0.4, 0.5) is 4.39 Å². The first-order chi connectivity index (χ1) is 13.4. The molecule has 0 aliphatic heterocycles.